The standard InChI is InChI=1S/C28H25ClN4O3S/c1-16-27(17(2)36-31-16)18-4-5-24-23(12-18)30-28(33(24)20-8-10-37-11-9-20)25-6-7-26(34)32(25)21-13-19(29)14-22(15-21)35-3/h4-5,8-10,12-15,25H,6-7,11H2,1-3H3/t25-/m0/s1. The van der Waals surface area contributed by atoms with E-state index in [-0.39, 0.29) is 11.9 Å². The van der Waals surface area contributed by atoms with Gasteiger partial charge in [-0.1, -0.05) is 22.8 Å². The van der Waals surface area contributed by atoms with E-state index in [1.807, 2.05) is 24.8 Å². The van der Waals surface area contributed by atoms with E-state index in [4.69, 9.17) is 25.8 Å². The van der Waals surface area contributed by atoms with Crippen molar-refractivity contribution >= 4 is 51.7 Å². The number of allylic oxidation sites excluding steroid dienone is 2. The number of fused-ring (bicyclic) bond motifs is 1. The first-order valence-corrected chi connectivity index (χ1v) is 13.5. The number of imidazole rings is 1. The highest BCUT2D eigenvalue weighted by Gasteiger charge is 2.37. The average molecular weight is 533 g/mol. The van der Waals surface area contributed by atoms with Crippen LogP contribution in [0, 0.1) is 13.8 Å². The van der Waals surface area contributed by atoms with E-state index < -0.39 is 0 Å². The van der Waals surface area contributed by atoms with Crippen LogP contribution in [0.15, 0.2) is 58.5 Å². The Labute approximate surface area is 223 Å². The summed E-state index contributed by atoms with van der Waals surface area (Å²) in [4.78, 5) is 20.2. The second-order valence-corrected chi connectivity index (χ2v) is 10.5. The molecular weight excluding hydrogens is 508 g/mol. The lowest BCUT2D eigenvalue weighted by Crippen LogP contribution is -2.29. The number of aromatic nitrogens is 3. The third-order valence-corrected chi connectivity index (χ3v) is 7.77. The number of carbonyl (C=O) groups is 1. The maximum Gasteiger partial charge on any atom is 0.227 e. The van der Waals surface area contributed by atoms with E-state index in [2.05, 4.69) is 45.5 Å². The van der Waals surface area contributed by atoms with Crippen LogP contribution < -0.4 is 9.64 Å². The summed E-state index contributed by atoms with van der Waals surface area (Å²) < 4.78 is 13.0. The van der Waals surface area contributed by atoms with Crippen molar-refractivity contribution in [2.75, 3.05) is 17.8 Å². The molecule has 1 atom stereocenters. The summed E-state index contributed by atoms with van der Waals surface area (Å²) in [5.41, 5.74) is 6.41. The van der Waals surface area contributed by atoms with Crippen molar-refractivity contribution in [2.45, 2.75) is 32.7 Å². The van der Waals surface area contributed by atoms with Gasteiger partial charge in [-0.05, 0) is 67.7 Å². The highest BCUT2D eigenvalue weighted by atomic mass is 35.5. The van der Waals surface area contributed by atoms with E-state index in [0.717, 1.165) is 50.9 Å². The van der Waals surface area contributed by atoms with Gasteiger partial charge < -0.3 is 14.2 Å². The first-order valence-electron chi connectivity index (χ1n) is 12.1. The lowest BCUT2D eigenvalue weighted by Gasteiger charge is -2.26. The number of ether oxygens (including phenoxy) is 1. The zero-order valence-corrected chi connectivity index (χ0v) is 22.3. The topological polar surface area (TPSA) is 73.4 Å². The van der Waals surface area contributed by atoms with Crippen molar-refractivity contribution in [1.82, 2.24) is 14.7 Å². The van der Waals surface area contributed by atoms with Crippen LogP contribution in [0.25, 0.3) is 27.9 Å². The van der Waals surface area contributed by atoms with Crippen molar-refractivity contribution in [3.05, 3.63) is 76.3 Å². The Balaban J connectivity index is 1.54. The summed E-state index contributed by atoms with van der Waals surface area (Å²) in [6, 6.07) is 11.4. The summed E-state index contributed by atoms with van der Waals surface area (Å²) in [6.07, 6.45) is 5.38. The highest BCUT2D eigenvalue weighted by Crippen LogP contribution is 2.42. The molecule has 0 aliphatic carbocycles. The van der Waals surface area contributed by atoms with Crippen LogP contribution >= 0.6 is 23.4 Å². The van der Waals surface area contributed by atoms with E-state index in [9.17, 15) is 4.79 Å². The predicted octanol–water partition coefficient (Wildman–Crippen LogP) is 6.94. The number of hydrogen-bond acceptors (Lipinski definition) is 6. The van der Waals surface area contributed by atoms with E-state index in [0.29, 0.717) is 29.3 Å². The minimum Gasteiger partial charge on any atom is -0.497 e. The number of nitrogens with zero attached hydrogens (tertiary/aromatic N) is 4. The first-order chi connectivity index (χ1) is 17.9. The second kappa shape index (κ2) is 9.43. The summed E-state index contributed by atoms with van der Waals surface area (Å²) in [7, 11) is 1.59. The molecule has 6 rings (SSSR count). The number of rotatable bonds is 5. The third kappa shape index (κ3) is 4.14. The summed E-state index contributed by atoms with van der Waals surface area (Å²) >= 11 is 8.13. The fourth-order valence-electron chi connectivity index (χ4n) is 5.24. The van der Waals surface area contributed by atoms with Gasteiger partial charge in [0.05, 0.1) is 29.9 Å². The quantitative estimate of drug-likeness (QED) is 0.277. The molecule has 0 radical (unpaired) electrons. The Morgan fingerprint density at radius 1 is 1.19 bits per heavy atom. The number of benzene rings is 2. The molecule has 2 aromatic carbocycles. The van der Waals surface area contributed by atoms with Crippen LogP contribution in [0.5, 0.6) is 5.75 Å². The van der Waals surface area contributed by atoms with Crippen molar-refractivity contribution in [3.63, 3.8) is 0 Å². The van der Waals surface area contributed by atoms with Gasteiger partial charge in [-0.25, -0.2) is 4.98 Å². The average Bonchev–Trinajstić information content (AvgIpc) is 3.57. The molecule has 37 heavy (non-hydrogen) atoms. The molecule has 0 N–H and O–H groups in total. The number of halogens is 1. The molecule has 188 valence electrons. The van der Waals surface area contributed by atoms with Crippen molar-refractivity contribution < 1.29 is 14.1 Å². The van der Waals surface area contributed by atoms with Gasteiger partial charge in [0.1, 0.15) is 17.3 Å². The molecule has 0 saturated carbocycles. The number of carbonyl (C=O) groups excluding carboxylic acids is 1. The molecule has 0 spiro atoms. The van der Waals surface area contributed by atoms with Crippen molar-refractivity contribution in [1.29, 1.82) is 0 Å². The molecule has 4 aromatic rings. The predicted molar refractivity (Wildman–Crippen MR) is 148 cm³/mol. The van der Waals surface area contributed by atoms with E-state index in [1.165, 1.54) is 0 Å². The van der Waals surface area contributed by atoms with Gasteiger partial charge in [-0.3, -0.25) is 9.36 Å². The summed E-state index contributed by atoms with van der Waals surface area (Å²) in [5, 5.41) is 6.73. The molecule has 2 aromatic heterocycles. The molecule has 0 unspecified atom stereocenters. The fraction of sp³-hybridized carbons (Fsp3) is 0.250. The molecule has 2 aliphatic rings. The van der Waals surface area contributed by atoms with Crippen LogP contribution in [0.2, 0.25) is 5.02 Å². The van der Waals surface area contributed by atoms with Crippen LogP contribution in [-0.4, -0.2) is 33.5 Å². The number of methoxy groups -OCH3 is 1. The molecule has 4 heterocycles. The molecule has 0 bridgehead atoms. The SMILES string of the molecule is COc1cc(Cl)cc(N2C(=O)CC[C@H]2c2nc3cc(-c4c(C)noc4C)ccc3n2C2=CCSC=C2)c1. The monoisotopic (exact) mass is 532 g/mol. The molecule has 9 heteroatoms. The highest BCUT2D eigenvalue weighted by molar-refractivity contribution is 8.02. The van der Waals surface area contributed by atoms with Crippen LogP contribution in [0.4, 0.5) is 5.69 Å². The molecule has 1 saturated heterocycles. The Morgan fingerprint density at radius 2 is 2.05 bits per heavy atom. The fourth-order valence-corrected chi connectivity index (χ4v) is 6.08. The van der Waals surface area contributed by atoms with Gasteiger partial charge >= 0.3 is 0 Å². The number of anilines is 1. The zero-order valence-electron chi connectivity index (χ0n) is 20.7. The van der Waals surface area contributed by atoms with E-state index in [1.54, 1.807) is 31.0 Å². The van der Waals surface area contributed by atoms with Gasteiger partial charge in [-0.15, -0.1) is 11.8 Å². The molecule has 1 fully saturated rings. The van der Waals surface area contributed by atoms with Gasteiger partial charge in [0.2, 0.25) is 5.91 Å². The Morgan fingerprint density at radius 3 is 2.78 bits per heavy atom. The Kier molecular flexibility index (Phi) is 6.09. The Hall–Kier alpha value is -3.49. The van der Waals surface area contributed by atoms with Crippen molar-refractivity contribution in [2.24, 2.45) is 0 Å². The molecule has 2 aliphatic heterocycles. The minimum absolute atomic E-state index is 0.0352. The van der Waals surface area contributed by atoms with Crippen LogP contribution in [-0.2, 0) is 4.79 Å². The van der Waals surface area contributed by atoms with E-state index >= 15 is 0 Å². The number of aryl methyl sites for hydroxylation is 2. The lowest BCUT2D eigenvalue weighted by molar-refractivity contribution is -0.117. The number of thioether (sulfide) groups is 1. The summed E-state index contributed by atoms with van der Waals surface area (Å²) in [5.74, 6) is 3.11. The first kappa shape index (κ1) is 23.9. The molecule has 7 nitrogen and oxygen atoms in total. The molecule has 1 amide bonds. The second-order valence-electron chi connectivity index (χ2n) is 9.14. The number of hydrogen-bond donors (Lipinski definition) is 0. The third-order valence-electron chi connectivity index (χ3n) is 6.86. The van der Waals surface area contributed by atoms with Crippen molar-refractivity contribution in [3.8, 4) is 16.9 Å². The van der Waals surface area contributed by atoms with Gasteiger partial charge in [0.25, 0.3) is 0 Å². The minimum atomic E-state index is -0.255. The van der Waals surface area contributed by atoms with Gasteiger partial charge in [0, 0.05) is 40.2 Å². The molecular formula is C28H25ClN4O3S. The summed E-state index contributed by atoms with van der Waals surface area (Å²) in [6.45, 7) is 3.86. The maximum absolute atomic E-state index is 13.2. The van der Waals surface area contributed by atoms with Crippen LogP contribution in [0.3, 0.4) is 0 Å². The van der Waals surface area contributed by atoms with Crippen LogP contribution in [0.1, 0.15) is 36.2 Å². The number of amides is 1. The smallest absolute Gasteiger partial charge is 0.227 e. The van der Waals surface area contributed by atoms with Gasteiger partial charge in [-0.2, -0.15) is 0 Å². The lowest BCUT2D eigenvalue weighted by atomic mass is 10.0. The largest absolute Gasteiger partial charge is 0.497 e. The zero-order chi connectivity index (χ0) is 25.7. The Bertz CT molecular complexity index is 1580. The normalized spacial score (nSPS) is 17.6. The van der Waals surface area contributed by atoms with Gasteiger partial charge in [0.15, 0.2) is 0 Å². The maximum atomic E-state index is 13.2.